The fraction of sp³-hybridized carbons (Fsp3) is 0.591. The number of nitrogens with zero attached hydrogens (tertiary/aromatic N) is 2. The molecule has 29 heavy (non-hydrogen) atoms. The first-order chi connectivity index (χ1) is 12.7. The summed E-state index contributed by atoms with van der Waals surface area (Å²) in [5.74, 6) is 1.91. The minimum Gasteiger partial charge on any atom is -0.497 e. The number of methoxy groups -OCH3 is 1. The lowest BCUT2D eigenvalue weighted by Crippen LogP contribution is -2.47. The Bertz CT molecular complexity index is 729. The molecule has 5 nitrogen and oxygen atoms in total. The number of aliphatic hydroxyl groups is 1. The first kappa shape index (κ1) is 27.7. The highest BCUT2D eigenvalue weighted by atomic mass is 35.5. The molecule has 1 unspecified atom stereocenters. The number of hydrogen-bond donors (Lipinski definition) is 2. The van der Waals surface area contributed by atoms with E-state index in [4.69, 9.17) is 4.74 Å². The van der Waals surface area contributed by atoms with E-state index in [1.165, 1.54) is 0 Å². The van der Waals surface area contributed by atoms with Gasteiger partial charge in [-0.1, -0.05) is 33.8 Å². The lowest BCUT2D eigenvalue weighted by atomic mass is 10.0. The van der Waals surface area contributed by atoms with Gasteiger partial charge in [0.25, 0.3) is 0 Å². The van der Waals surface area contributed by atoms with Crippen molar-refractivity contribution < 1.29 is 9.84 Å². The maximum atomic E-state index is 11.0. The van der Waals surface area contributed by atoms with Crippen molar-refractivity contribution in [3.05, 3.63) is 30.5 Å². The Labute approximate surface area is 188 Å². The summed E-state index contributed by atoms with van der Waals surface area (Å²) in [6.07, 6.45) is 1.78. The summed E-state index contributed by atoms with van der Waals surface area (Å²) in [7, 11) is 1.66. The van der Waals surface area contributed by atoms with Crippen molar-refractivity contribution in [1.29, 1.82) is 0 Å². The highest BCUT2D eigenvalue weighted by Crippen LogP contribution is 2.28. The van der Waals surface area contributed by atoms with Crippen LogP contribution in [0.5, 0.6) is 5.75 Å². The summed E-state index contributed by atoms with van der Waals surface area (Å²) in [6, 6.07) is 7.84. The zero-order valence-corrected chi connectivity index (χ0v) is 20.1. The molecule has 166 valence electrons. The Balaban J connectivity index is 0.00000392. The topological polar surface area (TPSA) is 57.6 Å². The molecular formula is C22H37Cl2N3O2. The first-order valence-electron chi connectivity index (χ1n) is 9.81. The van der Waals surface area contributed by atoms with Crippen LogP contribution in [-0.2, 0) is 0 Å². The molecule has 2 aromatic rings. The van der Waals surface area contributed by atoms with Crippen LogP contribution < -0.4 is 10.1 Å². The lowest BCUT2D eigenvalue weighted by molar-refractivity contribution is 0.0239. The van der Waals surface area contributed by atoms with Gasteiger partial charge in [0.1, 0.15) is 5.75 Å². The van der Waals surface area contributed by atoms with Gasteiger partial charge >= 0.3 is 0 Å². The van der Waals surface area contributed by atoms with Crippen LogP contribution in [0.25, 0.3) is 10.9 Å². The maximum Gasteiger partial charge on any atom is 0.121 e. The molecule has 0 aliphatic rings. The smallest absolute Gasteiger partial charge is 0.121 e. The van der Waals surface area contributed by atoms with Crippen molar-refractivity contribution in [3.8, 4) is 5.75 Å². The van der Waals surface area contributed by atoms with Gasteiger partial charge in [-0.05, 0) is 30.9 Å². The number of fused-ring (bicyclic) bond motifs is 1. The van der Waals surface area contributed by atoms with E-state index >= 15 is 0 Å². The maximum absolute atomic E-state index is 11.0. The predicted octanol–water partition coefficient (Wildman–Crippen LogP) is 4.86. The van der Waals surface area contributed by atoms with Crippen molar-refractivity contribution in [2.45, 2.75) is 40.2 Å². The van der Waals surface area contributed by atoms with E-state index in [1.54, 1.807) is 13.3 Å². The average molecular weight is 446 g/mol. The summed E-state index contributed by atoms with van der Waals surface area (Å²) in [5, 5.41) is 15.4. The van der Waals surface area contributed by atoms with Crippen LogP contribution in [0, 0.1) is 11.8 Å². The van der Waals surface area contributed by atoms with Gasteiger partial charge in [-0.15, -0.1) is 24.8 Å². The monoisotopic (exact) mass is 445 g/mol. The van der Waals surface area contributed by atoms with Crippen molar-refractivity contribution in [2.24, 2.45) is 11.8 Å². The van der Waals surface area contributed by atoms with Crippen molar-refractivity contribution >= 4 is 41.4 Å². The SMILES string of the molecule is COc1cc(NCC(C)(O)CN(CC(C)C)CC(C)C)c2ncccc2c1.Cl.Cl. The summed E-state index contributed by atoms with van der Waals surface area (Å²) >= 11 is 0. The number of ether oxygens (including phenoxy) is 1. The van der Waals surface area contributed by atoms with Gasteiger partial charge in [-0.2, -0.15) is 0 Å². The standard InChI is InChI=1S/C22H35N3O2.2ClH/c1-16(2)12-25(13-17(3)4)15-22(5,26)14-24-20-11-19(27-6)10-18-8-7-9-23-21(18)20;;/h7-11,16-17,24,26H,12-15H2,1-6H3;2*1H. The van der Waals surface area contributed by atoms with E-state index in [0.717, 1.165) is 35.4 Å². The number of halogens is 2. The summed E-state index contributed by atoms with van der Waals surface area (Å²) in [4.78, 5) is 6.85. The zero-order valence-electron chi connectivity index (χ0n) is 18.4. The van der Waals surface area contributed by atoms with E-state index in [0.29, 0.717) is 24.9 Å². The van der Waals surface area contributed by atoms with Crippen LogP contribution in [-0.4, -0.2) is 53.9 Å². The van der Waals surface area contributed by atoms with Crippen molar-refractivity contribution in [2.75, 3.05) is 38.6 Å². The third kappa shape index (κ3) is 8.95. The molecule has 0 amide bonds. The molecule has 0 spiro atoms. The predicted molar refractivity (Wildman–Crippen MR) is 128 cm³/mol. The van der Waals surface area contributed by atoms with Crippen LogP contribution in [0.15, 0.2) is 30.5 Å². The molecule has 0 saturated carbocycles. The number of benzene rings is 1. The van der Waals surface area contributed by atoms with E-state index in [9.17, 15) is 5.11 Å². The lowest BCUT2D eigenvalue weighted by Gasteiger charge is -2.34. The Kier molecular flexibility index (Phi) is 11.9. The third-order valence-corrected chi connectivity index (χ3v) is 4.38. The second-order valence-corrected chi connectivity index (χ2v) is 8.58. The number of hydrogen-bond acceptors (Lipinski definition) is 5. The largest absolute Gasteiger partial charge is 0.497 e. The highest BCUT2D eigenvalue weighted by molar-refractivity contribution is 5.91. The van der Waals surface area contributed by atoms with Gasteiger partial charge < -0.3 is 15.2 Å². The number of nitrogens with one attached hydrogen (secondary N) is 1. The van der Waals surface area contributed by atoms with Gasteiger partial charge in [-0.3, -0.25) is 9.88 Å². The van der Waals surface area contributed by atoms with Gasteiger partial charge in [0.05, 0.1) is 23.9 Å². The normalized spacial score (nSPS) is 13.2. The van der Waals surface area contributed by atoms with E-state index < -0.39 is 5.60 Å². The van der Waals surface area contributed by atoms with E-state index in [1.807, 2.05) is 31.2 Å². The minimum absolute atomic E-state index is 0. The van der Waals surface area contributed by atoms with E-state index in [-0.39, 0.29) is 24.8 Å². The minimum atomic E-state index is -0.853. The number of rotatable bonds is 10. The summed E-state index contributed by atoms with van der Waals surface area (Å²) in [6.45, 7) is 13.8. The fourth-order valence-corrected chi connectivity index (χ4v) is 3.48. The Morgan fingerprint density at radius 2 is 1.76 bits per heavy atom. The molecule has 1 aromatic heterocycles. The van der Waals surface area contributed by atoms with Crippen LogP contribution in [0.1, 0.15) is 34.6 Å². The van der Waals surface area contributed by atoms with Crippen molar-refractivity contribution in [3.63, 3.8) is 0 Å². The summed E-state index contributed by atoms with van der Waals surface area (Å²) in [5.41, 5.74) is 0.910. The first-order valence-corrected chi connectivity index (χ1v) is 9.81. The molecular weight excluding hydrogens is 409 g/mol. The van der Waals surface area contributed by atoms with Crippen LogP contribution in [0.2, 0.25) is 0 Å². The van der Waals surface area contributed by atoms with Crippen LogP contribution in [0.4, 0.5) is 5.69 Å². The molecule has 1 atom stereocenters. The third-order valence-electron chi connectivity index (χ3n) is 4.38. The molecule has 0 aliphatic heterocycles. The molecule has 1 heterocycles. The van der Waals surface area contributed by atoms with Crippen LogP contribution in [0.3, 0.4) is 0 Å². The fourth-order valence-electron chi connectivity index (χ4n) is 3.48. The number of anilines is 1. The van der Waals surface area contributed by atoms with Crippen LogP contribution >= 0.6 is 24.8 Å². The summed E-state index contributed by atoms with van der Waals surface area (Å²) < 4.78 is 5.41. The van der Waals surface area contributed by atoms with E-state index in [2.05, 4.69) is 42.9 Å². The van der Waals surface area contributed by atoms with Crippen molar-refractivity contribution in [1.82, 2.24) is 9.88 Å². The number of aromatic nitrogens is 1. The number of pyridine rings is 1. The van der Waals surface area contributed by atoms with Gasteiger partial charge in [0.15, 0.2) is 0 Å². The van der Waals surface area contributed by atoms with Gasteiger partial charge in [0, 0.05) is 43.8 Å². The van der Waals surface area contributed by atoms with Gasteiger partial charge in [0.2, 0.25) is 0 Å². The molecule has 2 rings (SSSR count). The molecule has 0 fully saturated rings. The molecule has 0 bridgehead atoms. The Hall–Kier alpha value is -1.27. The molecule has 1 aromatic carbocycles. The molecule has 7 heteroatoms. The Morgan fingerprint density at radius 3 is 2.31 bits per heavy atom. The second kappa shape index (κ2) is 12.4. The quantitative estimate of drug-likeness (QED) is 0.546. The average Bonchev–Trinajstić information content (AvgIpc) is 2.57. The highest BCUT2D eigenvalue weighted by Gasteiger charge is 2.25. The molecule has 0 radical (unpaired) electrons. The molecule has 0 aliphatic carbocycles. The van der Waals surface area contributed by atoms with Gasteiger partial charge in [-0.25, -0.2) is 0 Å². The second-order valence-electron chi connectivity index (χ2n) is 8.58. The zero-order chi connectivity index (χ0) is 20.0. The molecule has 2 N–H and O–H groups in total. The molecule has 0 saturated heterocycles. The Morgan fingerprint density at radius 1 is 1.14 bits per heavy atom.